The SMILES string of the molecule is Cc1ccc(S(=O)(=O)Nc2nc(=O)n3c4c(sc(SCCC(C)(C)C)c2-3)C(=O)CCC4)cc1. The second-order valence-corrected chi connectivity index (χ2v) is 13.5. The van der Waals surface area contributed by atoms with E-state index in [2.05, 4.69) is 30.5 Å². The van der Waals surface area contributed by atoms with Gasteiger partial charge in [-0.2, -0.15) is 4.98 Å². The molecule has 33 heavy (non-hydrogen) atoms. The van der Waals surface area contributed by atoms with Crippen LogP contribution in [0, 0.1) is 12.3 Å². The van der Waals surface area contributed by atoms with Gasteiger partial charge in [-0.25, -0.2) is 13.2 Å². The van der Waals surface area contributed by atoms with Crippen molar-refractivity contribution in [1.29, 1.82) is 0 Å². The van der Waals surface area contributed by atoms with Crippen molar-refractivity contribution in [3.05, 3.63) is 50.9 Å². The molecule has 4 rings (SSSR count). The molecule has 0 unspecified atom stereocenters. The lowest BCUT2D eigenvalue weighted by atomic mass is 9.94. The van der Waals surface area contributed by atoms with Gasteiger partial charge in [0.25, 0.3) is 10.0 Å². The Morgan fingerprint density at radius 3 is 2.52 bits per heavy atom. The van der Waals surface area contributed by atoms with Crippen molar-refractivity contribution in [2.24, 2.45) is 5.41 Å². The Morgan fingerprint density at radius 1 is 1.15 bits per heavy atom. The molecule has 2 aliphatic heterocycles. The van der Waals surface area contributed by atoms with E-state index in [0.29, 0.717) is 35.5 Å². The highest BCUT2D eigenvalue weighted by molar-refractivity contribution is 8.01. The van der Waals surface area contributed by atoms with Gasteiger partial charge in [0.1, 0.15) is 5.69 Å². The fraction of sp³-hybridized carbons (Fsp3) is 0.435. The van der Waals surface area contributed by atoms with Gasteiger partial charge in [0.2, 0.25) is 0 Å². The van der Waals surface area contributed by atoms with E-state index in [1.807, 2.05) is 6.92 Å². The lowest BCUT2D eigenvalue weighted by molar-refractivity contribution is 0.0975. The Hall–Kier alpha value is -2.17. The van der Waals surface area contributed by atoms with Gasteiger partial charge in [-0.15, -0.1) is 23.1 Å². The molecule has 0 saturated carbocycles. The average Bonchev–Trinajstić information content (AvgIpc) is 3.04. The number of carbonyl (C=O) groups excluding carboxylic acids is 1. The van der Waals surface area contributed by atoms with E-state index >= 15 is 0 Å². The zero-order valence-electron chi connectivity index (χ0n) is 19.1. The van der Waals surface area contributed by atoms with Crippen molar-refractivity contribution in [3.8, 4) is 5.69 Å². The van der Waals surface area contributed by atoms with Gasteiger partial charge in [-0.3, -0.25) is 14.1 Å². The minimum Gasteiger partial charge on any atom is -0.293 e. The molecule has 10 heteroatoms. The highest BCUT2D eigenvalue weighted by Crippen LogP contribution is 2.42. The molecule has 7 nitrogen and oxygen atoms in total. The molecule has 2 heterocycles. The van der Waals surface area contributed by atoms with E-state index < -0.39 is 15.7 Å². The molecule has 1 aromatic carbocycles. The van der Waals surface area contributed by atoms with E-state index in [1.54, 1.807) is 12.1 Å². The number of sulfonamides is 1. The number of aromatic nitrogens is 2. The summed E-state index contributed by atoms with van der Waals surface area (Å²) in [5.74, 6) is 0.804. The summed E-state index contributed by atoms with van der Waals surface area (Å²) in [6, 6.07) is 6.49. The van der Waals surface area contributed by atoms with Crippen LogP contribution in [0.3, 0.4) is 0 Å². The molecule has 0 spiro atoms. The Bertz CT molecular complexity index is 1330. The molecular formula is C23H27N3O4S3. The maximum Gasteiger partial charge on any atom is 0.354 e. The number of thioether (sulfide) groups is 1. The van der Waals surface area contributed by atoms with E-state index in [-0.39, 0.29) is 21.9 Å². The topological polar surface area (TPSA) is 98.1 Å². The smallest absolute Gasteiger partial charge is 0.293 e. The second kappa shape index (κ2) is 8.88. The Labute approximate surface area is 202 Å². The summed E-state index contributed by atoms with van der Waals surface area (Å²) in [6.45, 7) is 8.33. The largest absolute Gasteiger partial charge is 0.354 e. The van der Waals surface area contributed by atoms with Crippen molar-refractivity contribution in [2.75, 3.05) is 10.5 Å². The molecule has 1 N–H and O–H groups in total. The van der Waals surface area contributed by atoms with Crippen LogP contribution < -0.4 is 10.4 Å². The Balaban J connectivity index is 1.82. The van der Waals surface area contributed by atoms with Crippen LogP contribution in [0.1, 0.15) is 61.0 Å². The van der Waals surface area contributed by atoms with Gasteiger partial charge in [-0.05, 0) is 49.5 Å². The standard InChI is InChI=1S/C23H27N3O4S3/c1-14-8-10-15(11-9-14)33(29,30)25-20-18-21(31-13-12-23(2,3)4)32-19-16(6-5-7-17(19)27)26(18)22(28)24-20/h8-11H,5-7,12-13H2,1-4H3,(H,24,25,28). The van der Waals surface area contributed by atoms with Crippen LogP contribution in [-0.4, -0.2) is 29.5 Å². The number of anilines is 1. The molecule has 0 aromatic heterocycles. The summed E-state index contributed by atoms with van der Waals surface area (Å²) in [7, 11) is -3.94. The summed E-state index contributed by atoms with van der Waals surface area (Å²) in [5, 5.41) is 0. The monoisotopic (exact) mass is 505 g/mol. The number of ketones is 1. The molecule has 1 aromatic rings. The van der Waals surface area contributed by atoms with Gasteiger partial charge >= 0.3 is 5.69 Å². The maximum absolute atomic E-state index is 13.0. The fourth-order valence-corrected chi connectivity index (χ4v) is 7.60. The Morgan fingerprint density at radius 2 is 1.85 bits per heavy atom. The average molecular weight is 506 g/mol. The van der Waals surface area contributed by atoms with Crippen molar-refractivity contribution < 1.29 is 13.2 Å². The summed E-state index contributed by atoms with van der Waals surface area (Å²) in [6.07, 6.45) is 2.62. The number of benzene rings is 1. The first kappa shape index (κ1) is 24.0. The normalized spacial score (nSPS) is 14.5. The number of fused-ring (bicyclic) bond motifs is 3. The number of aryl methyl sites for hydroxylation is 1. The predicted molar refractivity (Wildman–Crippen MR) is 133 cm³/mol. The number of nitrogens with one attached hydrogen (secondary N) is 1. The molecule has 0 fully saturated rings. The van der Waals surface area contributed by atoms with E-state index in [4.69, 9.17) is 0 Å². The number of nitrogens with zero attached hydrogens (tertiary/aromatic N) is 2. The van der Waals surface area contributed by atoms with Crippen LogP contribution in [0.15, 0.2) is 38.2 Å². The maximum atomic E-state index is 13.0. The second-order valence-electron chi connectivity index (χ2n) is 9.45. The van der Waals surface area contributed by atoms with Crippen molar-refractivity contribution in [1.82, 2.24) is 9.55 Å². The highest BCUT2D eigenvalue weighted by Gasteiger charge is 2.32. The summed E-state index contributed by atoms with van der Waals surface area (Å²) in [4.78, 5) is 30.3. The summed E-state index contributed by atoms with van der Waals surface area (Å²) < 4.78 is 30.8. The quantitative estimate of drug-likeness (QED) is 0.479. The first-order valence-corrected chi connectivity index (χ1v) is 14.1. The number of hydrogen-bond donors (Lipinski definition) is 1. The molecule has 3 aliphatic rings. The van der Waals surface area contributed by atoms with Gasteiger partial charge in [0, 0.05) is 12.1 Å². The number of carbonyl (C=O) groups is 1. The lowest BCUT2D eigenvalue weighted by Gasteiger charge is -2.22. The van der Waals surface area contributed by atoms with E-state index in [9.17, 15) is 18.0 Å². The van der Waals surface area contributed by atoms with Crippen LogP contribution in [0.5, 0.6) is 0 Å². The van der Waals surface area contributed by atoms with Crippen LogP contribution >= 0.6 is 23.1 Å². The highest BCUT2D eigenvalue weighted by atomic mass is 32.2. The minimum absolute atomic E-state index is 0.0101. The zero-order valence-corrected chi connectivity index (χ0v) is 21.5. The molecule has 1 aliphatic carbocycles. The third-order valence-corrected chi connectivity index (χ3v) is 9.35. The van der Waals surface area contributed by atoms with Crippen LogP contribution in [-0.2, 0) is 16.4 Å². The van der Waals surface area contributed by atoms with E-state index in [1.165, 1.54) is 39.8 Å². The summed E-state index contributed by atoms with van der Waals surface area (Å²) >= 11 is 2.88. The van der Waals surface area contributed by atoms with Crippen molar-refractivity contribution in [2.45, 2.75) is 62.5 Å². The van der Waals surface area contributed by atoms with Gasteiger partial charge in [0.15, 0.2) is 11.6 Å². The molecular weight excluding hydrogens is 478 g/mol. The molecule has 0 bridgehead atoms. The minimum atomic E-state index is -3.94. The zero-order chi connectivity index (χ0) is 24.0. The molecule has 0 atom stereocenters. The van der Waals surface area contributed by atoms with Crippen LogP contribution in [0.2, 0.25) is 0 Å². The van der Waals surface area contributed by atoms with Crippen LogP contribution in [0.25, 0.3) is 5.69 Å². The molecule has 0 saturated heterocycles. The Kier molecular flexibility index (Phi) is 6.45. The van der Waals surface area contributed by atoms with Gasteiger partial charge in [0.05, 0.1) is 14.0 Å². The number of rotatable bonds is 6. The van der Waals surface area contributed by atoms with Crippen molar-refractivity contribution >= 4 is 44.7 Å². The predicted octanol–water partition coefficient (Wildman–Crippen LogP) is 4.89. The fourth-order valence-electron chi connectivity index (χ4n) is 3.64. The molecule has 0 amide bonds. The molecule has 176 valence electrons. The first-order valence-electron chi connectivity index (χ1n) is 10.8. The van der Waals surface area contributed by atoms with E-state index in [0.717, 1.165) is 21.9 Å². The number of Topliss-reactive ketones (excluding diaryl/α,β-unsaturated/α-hetero) is 1. The summed E-state index contributed by atoms with van der Waals surface area (Å²) in [5.41, 5.74) is 1.57. The first-order chi connectivity index (χ1) is 15.5. The van der Waals surface area contributed by atoms with Crippen molar-refractivity contribution in [3.63, 3.8) is 0 Å². The lowest BCUT2D eigenvalue weighted by Crippen LogP contribution is -2.24. The van der Waals surface area contributed by atoms with Crippen LogP contribution in [0.4, 0.5) is 5.82 Å². The third kappa shape index (κ3) is 5.02. The third-order valence-electron chi connectivity index (χ3n) is 5.48. The number of hydrogen-bond acceptors (Lipinski definition) is 7. The molecule has 0 radical (unpaired) electrons. The van der Waals surface area contributed by atoms with Gasteiger partial charge in [-0.1, -0.05) is 38.5 Å². The van der Waals surface area contributed by atoms with Gasteiger partial charge < -0.3 is 0 Å². The number of imidazole rings is 1.